The first kappa shape index (κ1) is 37.1. The quantitative estimate of drug-likeness (QED) is 0.211. The first-order valence-electron chi connectivity index (χ1n) is 21.0. The molecule has 1 unspecified atom stereocenters. The number of benzene rings is 2. The number of rotatable bonds is 10. The number of anilines is 1. The summed E-state index contributed by atoms with van der Waals surface area (Å²) in [4.78, 5) is 20.4. The van der Waals surface area contributed by atoms with Crippen molar-refractivity contribution < 1.29 is 24.1 Å². The zero-order valence-electron chi connectivity index (χ0n) is 33.0. The molecule has 6 aliphatic rings. The van der Waals surface area contributed by atoms with Gasteiger partial charge in [0, 0.05) is 53.7 Å². The summed E-state index contributed by atoms with van der Waals surface area (Å²) in [7, 11) is 0. The van der Waals surface area contributed by atoms with Crippen molar-refractivity contribution in [3.8, 4) is 17.2 Å². The second kappa shape index (κ2) is 14.2. The van der Waals surface area contributed by atoms with E-state index in [0.717, 1.165) is 73.4 Å². The average molecular weight is 768 g/mol. The van der Waals surface area contributed by atoms with Gasteiger partial charge in [0.25, 0.3) is 0 Å². The number of nitrogens with one attached hydrogen (secondary N) is 1. The number of aliphatic carboxylic acids is 1. The minimum atomic E-state index is -1.07. The predicted octanol–water partition coefficient (Wildman–Crippen LogP) is 9.17. The molecule has 0 bridgehead atoms. The Morgan fingerprint density at radius 2 is 1.82 bits per heavy atom. The van der Waals surface area contributed by atoms with Crippen molar-refractivity contribution in [2.45, 2.75) is 102 Å². The highest BCUT2D eigenvalue weighted by Gasteiger charge is 2.62. The van der Waals surface area contributed by atoms with Crippen LogP contribution < -0.4 is 19.5 Å². The first-order valence-corrected chi connectivity index (χ1v) is 21.3. The molecule has 294 valence electrons. The van der Waals surface area contributed by atoms with Crippen molar-refractivity contribution in [3.63, 3.8) is 0 Å². The molecule has 55 heavy (non-hydrogen) atoms. The van der Waals surface area contributed by atoms with E-state index in [1.165, 1.54) is 48.3 Å². The summed E-state index contributed by atoms with van der Waals surface area (Å²) in [6, 6.07) is 14.0. The maximum absolute atomic E-state index is 13.1. The van der Waals surface area contributed by atoms with E-state index < -0.39 is 11.5 Å². The number of hydrogen-bond acceptors (Lipinski definition) is 7. The molecule has 9 rings (SSSR count). The maximum Gasteiger partial charge on any atom is 0.329 e. The Kier molecular flexibility index (Phi) is 9.55. The van der Waals surface area contributed by atoms with E-state index in [1.807, 2.05) is 36.5 Å². The molecule has 3 fully saturated rings. The molecule has 2 saturated carbocycles. The molecule has 1 saturated heterocycles. The molecule has 3 heterocycles. The molecule has 3 aromatic rings. The van der Waals surface area contributed by atoms with Crippen molar-refractivity contribution in [3.05, 3.63) is 76.1 Å². The van der Waals surface area contributed by atoms with Crippen molar-refractivity contribution in [2.24, 2.45) is 35.0 Å². The van der Waals surface area contributed by atoms with Crippen LogP contribution in [-0.2, 0) is 23.1 Å². The molecule has 1 aromatic heterocycles. The first-order chi connectivity index (χ1) is 26.4. The summed E-state index contributed by atoms with van der Waals surface area (Å²) in [5, 5.41) is 14.8. The van der Waals surface area contributed by atoms with Gasteiger partial charge in [-0.2, -0.15) is 0 Å². The van der Waals surface area contributed by atoms with Crippen molar-refractivity contribution in [2.75, 3.05) is 44.8 Å². The molecule has 0 radical (unpaired) electrons. The number of fused-ring (bicyclic) bond motifs is 5. The summed E-state index contributed by atoms with van der Waals surface area (Å²) in [6.07, 6.45) is 9.78. The number of aryl methyl sites for hydroxylation is 1. The minimum absolute atomic E-state index is 0.170. The number of piperidine rings is 1. The number of nitrogens with zero attached hydrogens (tertiary/aromatic N) is 2. The number of likely N-dealkylation sites (tertiary alicyclic amines) is 1. The second-order valence-corrected chi connectivity index (χ2v) is 19.3. The number of halogens is 1. The van der Waals surface area contributed by atoms with E-state index in [1.54, 1.807) is 0 Å². The molecule has 1 spiro atoms. The van der Waals surface area contributed by atoms with E-state index in [4.69, 9.17) is 30.8 Å². The van der Waals surface area contributed by atoms with Gasteiger partial charge in [0.05, 0.1) is 19.8 Å². The number of pyridine rings is 1. The van der Waals surface area contributed by atoms with E-state index >= 15 is 0 Å². The van der Waals surface area contributed by atoms with Crippen LogP contribution in [0.5, 0.6) is 17.2 Å². The predicted molar refractivity (Wildman–Crippen MR) is 216 cm³/mol. The molecule has 2 aliphatic heterocycles. The lowest BCUT2D eigenvalue weighted by Gasteiger charge is -2.47. The second-order valence-electron chi connectivity index (χ2n) is 18.9. The summed E-state index contributed by atoms with van der Waals surface area (Å²) in [5.41, 5.74) is 5.14. The summed E-state index contributed by atoms with van der Waals surface area (Å²) in [6.45, 7) is 14.8. The van der Waals surface area contributed by atoms with Gasteiger partial charge in [0.2, 0.25) is 0 Å². The third kappa shape index (κ3) is 6.77. The van der Waals surface area contributed by atoms with Gasteiger partial charge in [-0.25, -0.2) is 4.79 Å². The van der Waals surface area contributed by atoms with Gasteiger partial charge in [-0.05, 0) is 146 Å². The Bertz CT molecular complexity index is 1930. The maximum atomic E-state index is 13.1. The SMILES string of the molecule is C[C@@H](COc1ccnc2c1[C@H](C)CCC2)C[C@H]1Cc2cc3c(cc2C12CCC(Nc1cccc(Cl)c1)(C(=O)O)CC2)OCC(CN1C[C@@H]2[C@H](C1)C2(C)C)CO3. The standard InChI is InChI=1S/C46H58ClN3O5/c1-28(25-53-39-11-16-48-38-10-5-7-29(2)42(38)39)17-32-18-31-19-40-41(55-27-30(26-54-40)22-50-23-36-37(24-50)44(36,3)4)21-35(31)45(32)12-14-46(15-13-45,43(51)52)49-34-9-6-8-33(47)20-34/h6,8-9,11,16,19-21,28-30,32,36-37,49H,5,7,10,12-15,17-18,22-27H2,1-4H3,(H,51,52)/t28-,29-,30?,32+,36-,37+,45?,46?/m1/s1. The van der Waals surface area contributed by atoms with Gasteiger partial charge in [-0.1, -0.05) is 45.4 Å². The molecule has 2 aromatic carbocycles. The zero-order chi connectivity index (χ0) is 38.1. The number of hydrogen-bond donors (Lipinski definition) is 2. The van der Waals surface area contributed by atoms with E-state index in [2.05, 4.69) is 50.0 Å². The molecule has 2 N–H and O–H groups in total. The molecule has 9 heteroatoms. The smallest absolute Gasteiger partial charge is 0.329 e. The molecular weight excluding hydrogens is 710 g/mol. The van der Waals surface area contributed by atoms with Crippen LogP contribution >= 0.6 is 11.6 Å². The summed E-state index contributed by atoms with van der Waals surface area (Å²) in [5.74, 6) is 4.98. The van der Waals surface area contributed by atoms with Gasteiger partial charge in [-0.15, -0.1) is 0 Å². The molecule has 8 nitrogen and oxygen atoms in total. The third-order valence-corrected chi connectivity index (χ3v) is 15.3. The zero-order valence-corrected chi connectivity index (χ0v) is 33.8. The van der Waals surface area contributed by atoms with Crippen molar-refractivity contribution >= 4 is 23.3 Å². The highest BCUT2D eigenvalue weighted by Crippen LogP contribution is 2.62. The van der Waals surface area contributed by atoms with Gasteiger partial charge >= 0.3 is 5.97 Å². The highest BCUT2D eigenvalue weighted by molar-refractivity contribution is 6.30. The Morgan fingerprint density at radius 3 is 2.55 bits per heavy atom. The van der Waals surface area contributed by atoms with Crippen LogP contribution in [0.25, 0.3) is 0 Å². The molecule has 6 atom stereocenters. The Morgan fingerprint density at radius 1 is 1.07 bits per heavy atom. The van der Waals surface area contributed by atoms with Crippen molar-refractivity contribution in [1.82, 2.24) is 9.88 Å². The average Bonchev–Trinajstić information content (AvgIpc) is 3.38. The monoisotopic (exact) mass is 767 g/mol. The Hall–Kier alpha value is -3.49. The van der Waals surface area contributed by atoms with Crippen LogP contribution in [0.3, 0.4) is 0 Å². The lowest BCUT2D eigenvalue weighted by molar-refractivity contribution is -0.144. The number of aromatic nitrogens is 1. The van der Waals surface area contributed by atoms with Gasteiger partial charge in [0.1, 0.15) is 11.3 Å². The third-order valence-electron chi connectivity index (χ3n) is 15.0. The lowest BCUT2D eigenvalue weighted by Crippen LogP contribution is -2.53. The molecular formula is C46H58ClN3O5. The number of carboxylic acids is 1. The topological polar surface area (TPSA) is 93.2 Å². The normalized spacial score (nSPS) is 28.7. The molecule has 0 amide bonds. The largest absolute Gasteiger partial charge is 0.493 e. The van der Waals surface area contributed by atoms with Crippen molar-refractivity contribution in [1.29, 1.82) is 0 Å². The summed E-state index contributed by atoms with van der Waals surface area (Å²) >= 11 is 6.33. The Labute approximate surface area is 331 Å². The lowest BCUT2D eigenvalue weighted by atomic mass is 9.59. The van der Waals surface area contributed by atoms with Gasteiger partial charge < -0.3 is 29.5 Å². The number of carboxylic acid groups (broad SMARTS) is 1. The minimum Gasteiger partial charge on any atom is -0.493 e. The van der Waals surface area contributed by atoms with Crippen LogP contribution in [0, 0.1) is 35.0 Å². The van der Waals surface area contributed by atoms with Crippen LogP contribution in [0.2, 0.25) is 5.02 Å². The Balaban J connectivity index is 0.948. The van der Waals surface area contributed by atoms with Crippen LogP contribution in [0.15, 0.2) is 48.7 Å². The highest BCUT2D eigenvalue weighted by atomic mass is 35.5. The fourth-order valence-electron chi connectivity index (χ4n) is 11.6. The summed E-state index contributed by atoms with van der Waals surface area (Å²) < 4.78 is 19.8. The number of carbonyl (C=O) groups is 1. The van der Waals surface area contributed by atoms with Gasteiger partial charge in [0.15, 0.2) is 11.5 Å². The van der Waals surface area contributed by atoms with E-state index in [9.17, 15) is 9.90 Å². The van der Waals surface area contributed by atoms with E-state index in [-0.39, 0.29) is 5.41 Å². The van der Waals surface area contributed by atoms with Crippen LogP contribution in [-0.4, -0.2) is 66.0 Å². The molecule has 4 aliphatic carbocycles. The van der Waals surface area contributed by atoms with Crippen LogP contribution in [0.1, 0.15) is 101 Å². The van der Waals surface area contributed by atoms with E-state index in [0.29, 0.717) is 66.8 Å². The number of ether oxygens (including phenoxy) is 3. The van der Waals surface area contributed by atoms with Gasteiger partial charge in [-0.3, -0.25) is 4.98 Å². The fourth-order valence-corrected chi connectivity index (χ4v) is 11.8. The van der Waals surface area contributed by atoms with Crippen LogP contribution in [0.4, 0.5) is 5.69 Å². The fraction of sp³-hybridized carbons (Fsp3) is 0.609.